The van der Waals surface area contributed by atoms with Crippen LogP contribution in [0.2, 0.25) is 0 Å². The van der Waals surface area contributed by atoms with Crippen LogP contribution in [-0.4, -0.2) is 73.4 Å². The van der Waals surface area contributed by atoms with Gasteiger partial charge in [0.05, 0.1) is 39.9 Å². The first-order chi connectivity index (χ1) is 43.0. The highest BCUT2D eigenvalue weighted by Crippen LogP contribution is 2.43. The molecule has 1 amide bonds. The molecule has 0 bridgehead atoms. The Morgan fingerprint density at radius 1 is 0.398 bits per heavy atom. The van der Waals surface area contributed by atoms with E-state index in [1.165, 1.54) is 212 Å². The highest BCUT2D eigenvalue weighted by Gasteiger charge is 2.28. The highest BCUT2D eigenvalue weighted by atomic mass is 31.2. The summed E-state index contributed by atoms with van der Waals surface area (Å²) in [6, 6.07) is -0.880. The molecule has 0 fully saturated rings. The molecule has 3 N–H and O–H groups in total. The van der Waals surface area contributed by atoms with Crippen molar-refractivity contribution in [1.82, 2.24) is 5.32 Å². The zero-order valence-corrected chi connectivity index (χ0v) is 59.1. The van der Waals surface area contributed by atoms with Crippen molar-refractivity contribution in [2.45, 2.75) is 334 Å². The van der Waals surface area contributed by atoms with Crippen LogP contribution < -0.4 is 5.32 Å². The molecule has 88 heavy (non-hydrogen) atoms. The summed E-state index contributed by atoms with van der Waals surface area (Å²) in [5, 5.41) is 14.0. The molecule has 3 atom stereocenters. The Labute approximate surface area is 545 Å². The van der Waals surface area contributed by atoms with Crippen molar-refractivity contribution < 1.29 is 32.9 Å². The Morgan fingerprint density at radius 2 is 0.693 bits per heavy atom. The summed E-state index contributed by atoms with van der Waals surface area (Å²) in [5.41, 5.74) is 0. The fraction of sp³-hybridized carbons (Fsp3) is 0.734. The molecular formula is C79H142N2O6P+. The molecule has 0 aromatic rings. The van der Waals surface area contributed by atoms with Crippen LogP contribution in [-0.2, 0) is 18.4 Å². The molecule has 9 heteroatoms. The standard InChI is InChI=1S/C79H141N2O6P/c1-6-8-10-12-14-16-18-20-22-24-26-28-30-32-34-36-38-39-40-41-43-45-47-49-51-53-55-57-59-61-63-65-67-69-71-73-79(83)80-77(76-87-88(84,85)86-75-74-81(3,4)5)78(82)72-70-68-66-64-62-60-58-56-54-52-50-48-46-44-42-37-35-33-31-29-27-25-23-21-19-17-15-13-11-9-7-2/h8,10,14,16,20,22,26,28,32,34,38-39,41,43,54,56,62,64,70,72,77-78,82H,6-7,9,11-13,15,17-19,21,23-25,27,29-31,33,35-37,40,42,44-53,55,57-61,63,65-69,71,73-76H2,1-5H3,(H-,80,83,84,85)/p+1/b10-8-,16-14-,22-20-,28-26-,34-32-,39-38-,43-41-,56-54+,64-62+,72-70+. The summed E-state index contributed by atoms with van der Waals surface area (Å²) in [6.07, 6.45) is 102. The number of phosphoric acid groups is 1. The first-order valence-electron chi connectivity index (χ1n) is 36.9. The van der Waals surface area contributed by atoms with Gasteiger partial charge >= 0.3 is 7.82 Å². The molecule has 0 aromatic carbocycles. The lowest BCUT2D eigenvalue weighted by atomic mass is 10.0. The summed E-state index contributed by atoms with van der Waals surface area (Å²) in [7, 11) is 1.54. The number of aliphatic hydroxyl groups is 1. The number of allylic oxidation sites excluding steroid dienone is 19. The number of unbranched alkanes of at least 4 members (excludes halogenated alkanes) is 36. The largest absolute Gasteiger partial charge is 0.472 e. The van der Waals surface area contributed by atoms with Crippen molar-refractivity contribution in [2.75, 3.05) is 40.9 Å². The summed E-state index contributed by atoms with van der Waals surface area (Å²) in [5.74, 6) is -0.194. The zero-order chi connectivity index (χ0) is 64.1. The number of quaternary nitrogens is 1. The number of carbonyl (C=O) groups is 1. The van der Waals surface area contributed by atoms with Gasteiger partial charge in [-0.15, -0.1) is 0 Å². The predicted molar refractivity (Wildman–Crippen MR) is 387 cm³/mol. The van der Waals surface area contributed by atoms with Crippen LogP contribution in [0.15, 0.2) is 122 Å². The van der Waals surface area contributed by atoms with E-state index in [0.29, 0.717) is 17.4 Å². The van der Waals surface area contributed by atoms with E-state index in [9.17, 15) is 19.4 Å². The van der Waals surface area contributed by atoms with Gasteiger partial charge in [0.15, 0.2) is 0 Å². The molecule has 508 valence electrons. The van der Waals surface area contributed by atoms with Gasteiger partial charge in [-0.2, -0.15) is 0 Å². The number of likely N-dealkylation sites (N-methyl/N-ethyl adjacent to an activating group) is 1. The number of aliphatic hydroxyl groups excluding tert-OH is 1. The number of phosphoric ester groups is 1. The Hall–Kier alpha value is -3.10. The van der Waals surface area contributed by atoms with Crippen molar-refractivity contribution in [3.8, 4) is 0 Å². The molecule has 0 radical (unpaired) electrons. The summed E-state index contributed by atoms with van der Waals surface area (Å²) in [4.78, 5) is 23.4. The minimum atomic E-state index is -4.38. The van der Waals surface area contributed by atoms with Crippen LogP contribution in [0.25, 0.3) is 0 Å². The molecule has 0 saturated carbocycles. The maximum absolute atomic E-state index is 13.1. The Balaban J connectivity index is 4.13. The van der Waals surface area contributed by atoms with Crippen LogP contribution in [0.3, 0.4) is 0 Å². The minimum absolute atomic E-state index is 0.0487. The highest BCUT2D eigenvalue weighted by molar-refractivity contribution is 7.47. The van der Waals surface area contributed by atoms with Gasteiger partial charge in [-0.1, -0.05) is 334 Å². The third-order valence-corrected chi connectivity index (χ3v) is 17.1. The van der Waals surface area contributed by atoms with Crippen LogP contribution in [0.4, 0.5) is 0 Å². The molecule has 0 saturated heterocycles. The van der Waals surface area contributed by atoms with Crippen LogP contribution in [0.1, 0.15) is 322 Å². The Bertz CT molecular complexity index is 1850. The van der Waals surface area contributed by atoms with Gasteiger partial charge in [0.2, 0.25) is 5.91 Å². The number of rotatable bonds is 67. The van der Waals surface area contributed by atoms with Crippen LogP contribution >= 0.6 is 7.82 Å². The number of nitrogens with one attached hydrogen (secondary N) is 1. The molecule has 0 aliphatic carbocycles. The van der Waals surface area contributed by atoms with Crippen molar-refractivity contribution in [2.24, 2.45) is 0 Å². The first kappa shape index (κ1) is 84.9. The molecule has 0 aliphatic rings. The number of hydrogen-bond donors (Lipinski definition) is 3. The van der Waals surface area contributed by atoms with Crippen molar-refractivity contribution in [3.63, 3.8) is 0 Å². The number of hydrogen-bond acceptors (Lipinski definition) is 5. The maximum Gasteiger partial charge on any atom is 0.472 e. The molecule has 8 nitrogen and oxygen atoms in total. The maximum atomic E-state index is 13.1. The summed E-state index contributed by atoms with van der Waals surface area (Å²) in [6.45, 7) is 4.70. The molecule has 0 heterocycles. The van der Waals surface area contributed by atoms with E-state index < -0.39 is 20.0 Å². The van der Waals surface area contributed by atoms with Crippen molar-refractivity contribution in [1.29, 1.82) is 0 Å². The van der Waals surface area contributed by atoms with Gasteiger partial charge in [0.1, 0.15) is 13.2 Å². The average molecular weight is 1250 g/mol. The number of amides is 1. The van der Waals surface area contributed by atoms with E-state index in [1.807, 2.05) is 27.2 Å². The van der Waals surface area contributed by atoms with Gasteiger partial charge in [-0.25, -0.2) is 4.57 Å². The normalized spacial score (nSPS) is 14.3. The molecule has 0 rings (SSSR count). The zero-order valence-electron chi connectivity index (χ0n) is 58.2. The van der Waals surface area contributed by atoms with Gasteiger partial charge in [0, 0.05) is 6.42 Å². The second-order valence-electron chi connectivity index (χ2n) is 25.9. The molecule has 0 spiro atoms. The van der Waals surface area contributed by atoms with Gasteiger partial charge in [0.25, 0.3) is 0 Å². The quantitative estimate of drug-likeness (QED) is 0.0243. The third-order valence-electron chi connectivity index (χ3n) is 16.1. The second kappa shape index (κ2) is 68.3. The van der Waals surface area contributed by atoms with E-state index in [2.05, 4.69) is 129 Å². The summed E-state index contributed by atoms with van der Waals surface area (Å²) < 4.78 is 23.8. The van der Waals surface area contributed by atoms with E-state index in [4.69, 9.17) is 9.05 Å². The van der Waals surface area contributed by atoms with E-state index in [-0.39, 0.29) is 19.1 Å². The number of carbonyl (C=O) groups excluding carboxylic acids is 1. The van der Waals surface area contributed by atoms with Crippen LogP contribution in [0.5, 0.6) is 0 Å². The average Bonchev–Trinajstić information content (AvgIpc) is 3.64. The minimum Gasteiger partial charge on any atom is -0.387 e. The SMILES string of the molecule is CC/C=C\C/C=C\C/C=C\C/C=C\C/C=C\C/C=C\C/C=C\CCCCCCCCCCCCCCCC(=O)NC(COP(=O)(O)OCC[N+](C)(C)C)C(O)/C=C/CC/C=C/CC/C=C/CCCCCCCCCCCCCCCCCCCCCCC. The van der Waals surface area contributed by atoms with E-state index in [0.717, 1.165) is 89.9 Å². The lowest BCUT2D eigenvalue weighted by molar-refractivity contribution is -0.870. The third kappa shape index (κ3) is 70.4. The monoisotopic (exact) mass is 1250 g/mol. The lowest BCUT2D eigenvalue weighted by Gasteiger charge is -2.25. The number of nitrogens with zero attached hydrogens (tertiary/aromatic N) is 1. The molecular weight excluding hydrogens is 1100 g/mol. The van der Waals surface area contributed by atoms with Gasteiger partial charge in [-0.05, 0) is 103 Å². The molecule has 0 aromatic heterocycles. The molecule has 3 unspecified atom stereocenters. The fourth-order valence-corrected chi connectivity index (χ4v) is 11.2. The first-order valence-corrected chi connectivity index (χ1v) is 38.4. The Morgan fingerprint density at radius 3 is 1.05 bits per heavy atom. The van der Waals surface area contributed by atoms with Gasteiger partial charge < -0.3 is 19.8 Å². The van der Waals surface area contributed by atoms with Crippen molar-refractivity contribution in [3.05, 3.63) is 122 Å². The smallest absolute Gasteiger partial charge is 0.387 e. The van der Waals surface area contributed by atoms with E-state index in [1.54, 1.807) is 6.08 Å². The Kier molecular flexibility index (Phi) is 65.9. The molecule has 0 aliphatic heterocycles. The predicted octanol–water partition coefficient (Wildman–Crippen LogP) is 24.0. The van der Waals surface area contributed by atoms with Gasteiger partial charge in [-0.3, -0.25) is 13.8 Å². The van der Waals surface area contributed by atoms with Crippen LogP contribution in [0, 0.1) is 0 Å². The fourth-order valence-electron chi connectivity index (χ4n) is 10.5. The summed E-state index contributed by atoms with van der Waals surface area (Å²) >= 11 is 0. The van der Waals surface area contributed by atoms with E-state index >= 15 is 0 Å². The second-order valence-corrected chi connectivity index (χ2v) is 27.4. The topological polar surface area (TPSA) is 105 Å². The van der Waals surface area contributed by atoms with Crippen molar-refractivity contribution >= 4 is 13.7 Å². The lowest BCUT2D eigenvalue weighted by Crippen LogP contribution is -2.45.